The molecule has 43 heavy (non-hydrogen) atoms. The number of hydrogen-bond acceptors (Lipinski definition) is 7. The first-order valence-electron chi connectivity index (χ1n) is 14.8. The number of aliphatic carboxylic acids is 1. The number of nitrogens with one attached hydrogen (secondary N) is 2. The van der Waals surface area contributed by atoms with Crippen molar-refractivity contribution in [3.63, 3.8) is 0 Å². The van der Waals surface area contributed by atoms with E-state index in [4.69, 9.17) is 21.2 Å². The molecule has 12 heteroatoms. The van der Waals surface area contributed by atoms with Crippen LogP contribution in [0.25, 0.3) is 0 Å². The van der Waals surface area contributed by atoms with Gasteiger partial charge in [0.15, 0.2) is 5.60 Å². The Morgan fingerprint density at radius 3 is 2.72 bits per heavy atom. The quantitative estimate of drug-likeness (QED) is 0.433. The van der Waals surface area contributed by atoms with Crippen LogP contribution in [-0.4, -0.2) is 75.0 Å². The molecule has 5 rings (SSSR count). The molecular formula is C31H39ClN4O7. The Kier molecular flexibility index (Phi) is 8.48. The van der Waals surface area contributed by atoms with E-state index in [1.807, 2.05) is 18.2 Å². The minimum atomic E-state index is -1.43. The second-order valence-electron chi connectivity index (χ2n) is 13.0. The Morgan fingerprint density at radius 2 is 2.00 bits per heavy atom. The predicted molar refractivity (Wildman–Crippen MR) is 159 cm³/mol. The fourth-order valence-corrected chi connectivity index (χ4v) is 6.36. The van der Waals surface area contributed by atoms with Crippen LogP contribution in [0.3, 0.4) is 0 Å². The first-order valence-corrected chi connectivity index (χ1v) is 15.2. The third-order valence-corrected chi connectivity index (χ3v) is 8.68. The molecule has 11 nitrogen and oxygen atoms in total. The van der Waals surface area contributed by atoms with E-state index in [1.54, 1.807) is 39.0 Å². The van der Waals surface area contributed by atoms with Gasteiger partial charge in [-0.15, -0.1) is 0 Å². The highest BCUT2D eigenvalue weighted by molar-refractivity contribution is 6.31. The van der Waals surface area contributed by atoms with Crippen LogP contribution in [0.1, 0.15) is 77.7 Å². The van der Waals surface area contributed by atoms with Crippen LogP contribution in [0, 0.1) is 5.92 Å². The minimum absolute atomic E-state index is 0.0351. The third-order valence-electron chi connectivity index (χ3n) is 8.45. The van der Waals surface area contributed by atoms with E-state index in [1.165, 1.54) is 4.90 Å². The fourth-order valence-electron chi connectivity index (χ4n) is 6.17. The summed E-state index contributed by atoms with van der Waals surface area (Å²) in [5, 5.41) is 20.4. The van der Waals surface area contributed by atoms with Crippen LogP contribution in [0.4, 0.5) is 4.79 Å². The summed E-state index contributed by atoms with van der Waals surface area (Å²) < 4.78 is 5.44. The standard InChI is InChI=1S/C31H39ClN4O7/c1-29(2,3)42-28(41)33-22-13-8-6-4-5-7-11-20-15-31(20,27(39)40)34-25(37)24-17-30(18-36(24)26(22)38)16-23(35-43-30)19-10-9-12-21(32)14-19/h7,9-12,14,20,22,24H,4-6,8,13,15-18H2,1-3H3,(H,33,41)(H,34,37)(H,39,40)/b11-7-/t20-,22+,24+,30-,31?/m1/s1. The van der Waals surface area contributed by atoms with Gasteiger partial charge in [-0.25, -0.2) is 9.59 Å². The van der Waals surface area contributed by atoms with Crippen molar-refractivity contribution in [1.82, 2.24) is 15.5 Å². The molecule has 1 spiro atoms. The van der Waals surface area contributed by atoms with Crippen LogP contribution in [0.15, 0.2) is 41.6 Å². The zero-order valence-corrected chi connectivity index (χ0v) is 25.5. The molecule has 0 aromatic heterocycles. The van der Waals surface area contributed by atoms with Crippen molar-refractivity contribution in [2.45, 2.75) is 101 Å². The molecule has 0 radical (unpaired) electrons. The number of rotatable bonds is 3. The Labute approximate surface area is 256 Å². The second kappa shape index (κ2) is 11.8. The molecule has 1 unspecified atom stereocenters. The van der Waals surface area contributed by atoms with Gasteiger partial charge in [-0.1, -0.05) is 53.9 Å². The summed E-state index contributed by atoms with van der Waals surface area (Å²) in [4.78, 5) is 60.6. The highest BCUT2D eigenvalue weighted by atomic mass is 35.5. The molecule has 3 N–H and O–H groups in total. The summed E-state index contributed by atoms with van der Waals surface area (Å²) in [6.07, 6.45) is 7.22. The molecule has 1 aromatic carbocycles. The number of carbonyl (C=O) groups excluding carboxylic acids is 3. The SMILES string of the molecule is CC(C)(C)OC(=O)N[C@H]1CCCCC/C=C\[C@@H]2CC2(C(=O)O)NC(=O)[C@@H]2C[C@]3(CC(c4cccc(Cl)c4)=NO3)CN2C1=O. The molecule has 1 saturated heterocycles. The van der Waals surface area contributed by atoms with E-state index in [0.29, 0.717) is 30.0 Å². The number of amides is 3. The van der Waals surface area contributed by atoms with Crippen molar-refractivity contribution < 1.29 is 33.9 Å². The van der Waals surface area contributed by atoms with E-state index in [0.717, 1.165) is 24.8 Å². The van der Waals surface area contributed by atoms with Gasteiger partial charge in [-0.2, -0.15) is 0 Å². The minimum Gasteiger partial charge on any atom is -0.479 e. The molecule has 4 aliphatic rings. The number of allylic oxidation sites excluding steroid dienone is 1. The van der Waals surface area contributed by atoms with E-state index in [2.05, 4.69) is 15.8 Å². The van der Waals surface area contributed by atoms with Gasteiger partial charge in [0.25, 0.3) is 0 Å². The largest absolute Gasteiger partial charge is 0.479 e. The lowest BCUT2D eigenvalue weighted by molar-refractivity contribution is -0.145. The molecular weight excluding hydrogens is 576 g/mol. The topological polar surface area (TPSA) is 147 Å². The number of halogens is 1. The number of carboxylic acids is 1. The summed E-state index contributed by atoms with van der Waals surface area (Å²) in [5.41, 5.74) is -1.79. The van der Waals surface area contributed by atoms with Gasteiger partial charge in [0.1, 0.15) is 23.2 Å². The van der Waals surface area contributed by atoms with Crippen LogP contribution in [0.2, 0.25) is 5.02 Å². The van der Waals surface area contributed by atoms with Gasteiger partial charge in [0, 0.05) is 29.3 Å². The van der Waals surface area contributed by atoms with Gasteiger partial charge < -0.3 is 30.2 Å². The summed E-state index contributed by atoms with van der Waals surface area (Å²) in [7, 11) is 0. The van der Waals surface area contributed by atoms with Gasteiger partial charge in [0.2, 0.25) is 11.8 Å². The Balaban J connectivity index is 1.44. The first kappa shape index (κ1) is 30.8. The third kappa shape index (κ3) is 6.82. The number of alkyl carbamates (subject to hydrolysis) is 1. The van der Waals surface area contributed by atoms with E-state index in [-0.39, 0.29) is 25.3 Å². The van der Waals surface area contributed by atoms with Gasteiger partial charge in [0.05, 0.1) is 12.3 Å². The maximum atomic E-state index is 14.2. The van der Waals surface area contributed by atoms with Crippen LogP contribution in [-0.2, 0) is 24.0 Å². The van der Waals surface area contributed by atoms with E-state index >= 15 is 0 Å². The fraction of sp³-hybridized carbons (Fsp3) is 0.581. The van der Waals surface area contributed by atoms with Crippen LogP contribution >= 0.6 is 11.6 Å². The summed E-state index contributed by atoms with van der Waals surface area (Å²) in [6, 6.07) is 5.21. The van der Waals surface area contributed by atoms with Crippen molar-refractivity contribution in [2.24, 2.45) is 11.1 Å². The van der Waals surface area contributed by atoms with E-state index in [9.17, 15) is 24.3 Å². The number of benzene rings is 1. The highest BCUT2D eigenvalue weighted by Crippen LogP contribution is 2.46. The molecule has 0 bridgehead atoms. The molecule has 2 fully saturated rings. The van der Waals surface area contributed by atoms with Crippen molar-refractivity contribution in [1.29, 1.82) is 0 Å². The average molecular weight is 615 g/mol. The molecule has 3 heterocycles. The normalized spacial score (nSPS) is 31.9. The molecule has 3 amide bonds. The van der Waals surface area contributed by atoms with Crippen molar-refractivity contribution in [3.8, 4) is 0 Å². The smallest absolute Gasteiger partial charge is 0.408 e. The number of nitrogens with zero attached hydrogens (tertiary/aromatic N) is 2. The Morgan fingerprint density at radius 1 is 1.21 bits per heavy atom. The molecule has 3 aliphatic heterocycles. The lowest BCUT2D eigenvalue weighted by atomic mass is 9.91. The number of ether oxygens (including phenoxy) is 1. The number of carboxylic acid groups (broad SMARTS) is 1. The van der Waals surface area contributed by atoms with Gasteiger partial charge >= 0.3 is 12.1 Å². The van der Waals surface area contributed by atoms with Crippen molar-refractivity contribution in [2.75, 3.05) is 6.54 Å². The monoisotopic (exact) mass is 614 g/mol. The molecule has 232 valence electrons. The molecule has 1 saturated carbocycles. The van der Waals surface area contributed by atoms with E-state index < -0.39 is 52.7 Å². The number of fused-ring (bicyclic) bond motifs is 2. The van der Waals surface area contributed by atoms with Crippen LogP contribution in [0.5, 0.6) is 0 Å². The molecule has 5 atom stereocenters. The van der Waals surface area contributed by atoms with Crippen LogP contribution < -0.4 is 10.6 Å². The number of oxime groups is 1. The summed E-state index contributed by atoms with van der Waals surface area (Å²) in [5.74, 6) is -2.47. The van der Waals surface area contributed by atoms with Gasteiger partial charge in [-0.3, -0.25) is 9.59 Å². The average Bonchev–Trinajstić information content (AvgIpc) is 3.27. The Hall–Kier alpha value is -3.60. The maximum absolute atomic E-state index is 14.2. The summed E-state index contributed by atoms with van der Waals surface area (Å²) in [6.45, 7) is 5.25. The van der Waals surface area contributed by atoms with Gasteiger partial charge in [-0.05, 0) is 58.6 Å². The summed E-state index contributed by atoms with van der Waals surface area (Å²) >= 11 is 6.19. The number of carbonyl (C=O) groups is 4. The lowest BCUT2D eigenvalue weighted by Gasteiger charge is -2.30. The zero-order chi connectivity index (χ0) is 31.0. The molecule has 1 aromatic rings. The Bertz CT molecular complexity index is 1360. The first-order chi connectivity index (χ1) is 20.3. The van der Waals surface area contributed by atoms with Crippen molar-refractivity contribution >= 4 is 41.2 Å². The number of hydrogen-bond donors (Lipinski definition) is 3. The lowest BCUT2D eigenvalue weighted by Crippen LogP contribution is -2.56. The van der Waals surface area contributed by atoms with Crippen molar-refractivity contribution in [3.05, 3.63) is 47.0 Å². The highest BCUT2D eigenvalue weighted by Gasteiger charge is 2.62. The molecule has 1 aliphatic carbocycles. The second-order valence-corrected chi connectivity index (χ2v) is 13.5. The maximum Gasteiger partial charge on any atom is 0.408 e. The predicted octanol–water partition coefficient (Wildman–Crippen LogP) is 4.18. The zero-order valence-electron chi connectivity index (χ0n) is 24.7.